The number of sulfonamides is 1. The number of rotatable bonds is 4. The summed E-state index contributed by atoms with van der Waals surface area (Å²) < 4.78 is 26.3. The normalized spacial score (nSPS) is 20.6. The topological polar surface area (TPSA) is 83.6 Å². The molecule has 0 saturated carbocycles. The first-order valence-corrected chi connectivity index (χ1v) is 7.81. The Hall–Kier alpha value is -1.02. The summed E-state index contributed by atoms with van der Waals surface area (Å²) in [5.74, 6) is 0.0218. The molecule has 19 heavy (non-hydrogen) atoms. The van der Waals surface area contributed by atoms with Gasteiger partial charge >= 0.3 is 0 Å². The van der Waals surface area contributed by atoms with Gasteiger partial charge in [-0.1, -0.05) is 24.4 Å². The summed E-state index contributed by atoms with van der Waals surface area (Å²) >= 11 is 4.85. The van der Waals surface area contributed by atoms with E-state index in [2.05, 4.69) is 0 Å². The van der Waals surface area contributed by atoms with Crippen LogP contribution in [0.1, 0.15) is 12.0 Å². The summed E-state index contributed by atoms with van der Waals surface area (Å²) in [7, 11) is -3.53. The molecule has 1 aliphatic rings. The summed E-state index contributed by atoms with van der Waals surface area (Å²) in [5.41, 5.74) is 6.05. The lowest BCUT2D eigenvalue weighted by Gasteiger charge is -2.16. The fourth-order valence-corrected chi connectivity index (χ4v) is 3.83. The molecule has 0 amide bonds. The van der Waals surface area contributed by atoms with Crippen molar-refractivity contribution >= 4 is 27.2 Å². The summed E-state index contributed by atoms with van der Waals surface area (Å²) in [6, 6.07) is 6.33. The van der Waals surface area contributed by atoms with Gasteiger partial charge in [0.1, 0.15) is 4.99 Å². The molecule has 0 bridgehead atoms. The van der Waals surface area contributed by atoms with Crippen molar-refractivity contribution in [2.45, 2.75) is 11.3 Å². The molecule has 5 nitrogen and oxygen atoms in total. The largest absolute Gasteiger partial charge is 0.396 e. The fourth-order valence-electron chi connectivity index (χ4n) is 2.12. The summed E-state index contributed by atoms with van der Waals surface area (Å²) in [6.07, 6.45) is 0.685. The lowest BCUT2D eigenvalue weighted by molar-refractivity contribution is 0.233. The van der Waals surface area contributed by atoms with E-state index >= 15 is 0 Å². The molecule has 1 aliphatic heterocycles. The third-order valence-corrected chi connectivity index (χ3v) is 5.36. The van der Waals surface area contributed by atoms with Gasteiger partial charge in [-0.2, -0.15) is 4.31 Å². The van der Waals surface area contributed by atoms with E-state index in [0.29, 0.717) is 25.1 Å². The van der Waals surface area contributed by atoms with Crippen molar-refractivity contribution in [3.63, 3.8) is 0 Å². The molecule has 1 unspecified atom stereocenters. The number of nitrogens with zero attached hydrogens (tertiary/aromatic N) is 1. The second kappa shape index (κ2) is 5.54. The van der Waals surface area contributed by atoms with E-state index in [9.17, 15) is 8.42 Å². The Morgan fingerprint density at radius 3 is 2.84 bits per heavy atom. The number of aliphatic hydroxyl groups excluding tert-OH is 1. The van der Waals surface area contributed by atoms with Crippen LogP contribution in [0.2, 0.25) is 0 Å². The van der Waals surface area contributed by atoms with Crippen LogP contribution in [-0.2, 0) is 10.0 Å². The summed E-state index contributed by atoms with van der Waals surface area (Å²) in [5, 5.41) is 9.08. The number of nitrogens with two attached hydrogens (primary N) is 1. The number of benzene rings is 1. The predicted octanol–water partition coefficient (Wildman–Crippen LogP) is 0.324. The van der Waals surface area contributed by atoms with Crippen LogP contribution in [0.5, 0.6) is 0 Å². The maximum atomic E-state index is 12.4. The minimum atomic E-state index is -3.53. The molecule has 0 aromatic heterocycles. The van der Waals surface area contributed by atoms with Gasteiger partial charge in [-0.25, -0.2) is 8.42 Å². The van der Waals surface area contributed by atoms with Gasteiger partial charge in [-0.15, -0.1) is 0 Å². The standard InChI is InChI=1S/C12H16N2O3S2/c13-12(18)10-2-1-3-11(6-10)19(16,17)14-5-4-9(7-14)8-15/h1-3,6,9,15H,4-5,7-8H2,(H2,13,18). The molecular formula is C12H16N2O3S2. The van der Waals surface area contributed by atoms with Crippen LogP contribution < -0.4 is 5.73 Å². The molecule has 0 spiro atoms. The first kappa shape index (κ1) is 14.4. The van der Waals surface area contributed by atoms with Crippen LogP contribution in [0, 0.1) is 5.92 Å². The van der Waals surface area contributed by atoms with Crippen LogP contribution in [-0.4, -0.2) is 42.5 Å². The van der Waals surface area contributed by atoms with Crippen molar-refractivity contribution in [3.05, 3.63) is 29.8 Å². The van der Waals surface area contributed by atoms with Gasteiger partial charge in [0.05, 0.1) is 4.90 Å². The van der Waals surface area contributed by atoms with Gasteiger partial charge in [0.15, 0.2) is 0 Å². The highest BCUT2D eigenvalue weighted by Crippen LogP contribution is 2.24. The van der Waals surface area contributed by atoms with Gasteiger partial charge in [-0.3, -0.25) is 0 Å². The first-order valence-electron chi connectivity index (χ1n) is 5.96. The third kappa shape index (κ3) is 2.94. The molecular weight excluding hydrogens is 284 g/mol. The monoisotopic (exact) mass is 300 g/mol. The average molecular weight is 300 g/mol. The SMILES string of the molecule is NC(=S)c1cccc(S(=O)(=O)N2CCC(CO)C2)c1. The molecule has 1 atom stereocenters. The van der Waals surface area contributed by atoms with Crippen LogP contribution in [0.15, 0.2) is 29.2 Å². The summed E-state index contributed by atoms with van der Waals surface area (Å²) in [4.78, 5) is 0.364. The van der Waals surface area contributed by atoms with E-state index < -0.39 is 10.0 Å². The maximum Gasteiger partial charge on any atom is 0.243 e. The molecule has 3 N–H and O–H groups in total. The molecule has 2 rings (SSSR count). The fraction of sp³-hybridized carbons (Fsp3) is 0.417. The van der Waals surface area contributed by atoms with Crippen molar-refractivity contribution in [2.24, 2.45) is 11.7 Å². The number of hydrogen-bond acceptors (Lipinski definition) is 4. The Morgan fingerprint density at radius 1 is 1.53 bits per heavy atom. The molecule has 1 saturated heterocycles. The molecule has 1 aromatic rings. The second-order valence-corrected chi connectivity index (χ2v) is 6.97. The van der Waals surface area contributed by atoms with E-state index in [1.165, 1.54) is 16.4 Å². The minimum absolute atomic E-state index is 0.0128. The molecule has 1 aromatic carbocycles. The van der Waals surface area contributed by atoms with Crippen molar-refractivity contribution < 1.29 is 13.5 Å². The summed E-state index contributed by atoms with van der Waals surface area (Å²) in [6.45, 7) is 0.805. The smallest absolute Gasteiger partial charge is 0.243 e. The van der Waals surface area contributed by atoms with Gasteiger partial charge in [0.2, 0.25) is 10.0 Å². The second-order valence-electron chi connectivity index (χ2n) is 4.59. The Morgan fingerprint density at radius 2 is 2.26 bits per heavy atom. The minimum Gasteiger partial charge on any atom is -0.396 e. The highest BCUT2D eigenvalue weighted by molar-refractivity contribution is 7.89. The highest BCUT2D eigenvalue weighted by Gasteiger charge is 2.32. The lowest BCUT2D eigenvalue weighted by atomic mass is 10.1. The van der Waals surface area contributed by atoms with E-state index in [4.69, 9.17) is 23.1 Å². The Kier molecular flexibility index (Phi) is 4.19. The van der Waals surface area contributed by atoms with Gasteiger partial charge in [-0.05, 0) is 24.5 Å². The zero-order valence-electron chi connectivity index (χ0n) is 10.3. The van der Waals surface area contributed by atoms with Crippen LogP contribution >= 0.6 is 12.2 Å². The Balaban J connectivity index is 2.30. The zero-order valence-corrected chi connectivity index (χ0v) is 12.0. The van der Waals surface area contributed by atoms with E-state index in [-0.39, 0.29) is 22.4 Å². The lowest BCUT2D eigenvalue weighted by Crippen LogP contribution is -2.29. The van der Waals surface area contributed by atoms with Crippen LogP contribution in [0.25, 0.3) is 0 Å². The maximum absolute atomic E-state index is 12.4. The van der Waals surface area contributed by atoms with E-state index in [1.54, 1.807) is 12.1 Å². The first-order chi connectivity index (χ1) is 8.95. The third-order valence-electron chi connectivity index (χ3n) is 3.26. The quantitative estimate of drug-likeness (QED) is 0.783. The Bertz CT molecular complexity index is 586. The predicted molar refractivity (Wildman–Crippen MR) is 76.3 cm³/mol. The number of hydrogen-bond donors (Lipinski definition) is 2. The molecule has 7 heteroatoms. The van der Waals surface area contributed by atoms with Crippen molar-refractivity contribution in [2.75, 3.05) is 19.7 Å². The van der Waals surface area contributed by atoms with E-state index in [1.807, 2.05) is 0 Å². The number of aliphatic hydroxyl groups is 1. The van der Waals surface area contributed by atoms with Crippen LogP contribution in [0.4, 0.5) is 0 Å². The highest BCUT2D eigenvalue weighted by atomic mass is 32.2. The molecule has 1 fully saturated rings. The Labute approximate surface area is 118 Å². The molecule has 0 radical (unpaired) electrons. The molecule has 104 valence electrons. The zero-order chi connectivity index (χ0) is 14.0. The van der Waals surface area contributed by atoms with Crippen molar-refractivity contribution in [1.82, 2.24) is 4.31 Å². The van der Waals surface area contributed by atoms with Crippen molar-refractivity contribution in [1.29, 1.82) is 0 Å². The molecule has 0 aliphatic carbocycles. The van der Waals surface area contributed by atoms with E-state index in [0.717, 1.165) is 0 Å². The van der Waals surface area contributed by atoms with Crippen molar-refractivity contribution in [3.8, 4) is 0 Å². The van der Waals surface area contributed by atoms with Crippen LogP contribution in [0.3, 0.4) is 0 Å². The average Bonchev–Trinajstić information content (AvgIpc) is 2.88. The van der Waals surface area contributed by atoms with Gasteiger partial charge in [0, 0.05) is 25.3 Å². The van der Waals surface area contributed by atoms with Gasteiger partial charge < -0.3 is 10.8 Å². The number of thiocarbonyl (C=S) groups is 1. The molecule has 1 heterocycles. The van der Waals surface area contributed by atoms with Gasteiger partial charge in [0.25, 0.3) is 0 Å².